The molecule has 1 aliphatic rings. The summed E-state index contributed by atoms with van der Waals surface area (Å²) in [5.74, 6) is 0.0340. The predicted octanol–water partition coefficient (Wildman–Crippen LogP) is -0.847. The lowest BCUT2D eigenvalue weighted by atomic mass is 9.94. The van der Waals surface area contributed by atoms with Crippen LogP contribution in [0.2, 0.25) is 0 Å². The van der Waals surface area contributed by atoms with E-state index in [9.17, 15) is 10.2 Å². The zero-order chi connectivity index (χ0) is 11.4. The highest BCUT2D eigenvalue weighted by atomic mass is 16.6. The number of aliphatic hydroxyl groups is 2. The third-order valence-electron chi connectivity index (χ3n) is 2.67. The van der Waals surface area contributed by atoms with Crippen molar-refractivity contribution in [3.05, 3.63) is 12.3 Å². The summed E-state index contributed by atoms with van der Waals surface area (Å²) in [6.45, 7) is 6.54. The average molecular weight is 216 g/mol. The van der Waals surface area contributed by atoms with Gasteiger partial charge >= 0.3 is 0 Å². The van der Waals surface area contributed by atoms with Crippen molar-refractivity contribution in [2.45, 2.75) is 31.8 Å². The normalized spacial score (nSPS) is 36.3. The summed E-state index contributed by atoms with van der Waals surface area (Å²) >= 11 is 0. The zero-order valence-corrected chi connectivity index (χ0v) is 9.02. The van der Waals surface area contributed by atoms with Gasteiger partial charge in [0.15, 0.2) is 6.29 Å². The lowest BCUT2D eigenvalue weighted by Gasteiger charge is -2.35. The summed E-state index contributed by atoms with van der Waals surface area (Å²) in [5, 5.41) is 21.9. The molecule has 1 heterocycles. The van der Waals surface area contributed by atoms with Crippen LogP contribution in [0.4, 0.5) is 0 Å². The minimum absolute atomic E-state index is 0.0340. The highest BCUT2D eigenvalue weighted by Gasteiger charge is 2.33. The third-order valence-corrected chi connectivity index (χ3v) is 2.67. The maximum absolute atomic E-state index is 9.45. The molecule has 1 saturated heterocycles. The third kappa shape index (κ3) is 3.46. The molecule has 1 fully saturated rings. The Bertz CT molecular complexity index is 211. The molecular weight excluding hydrogens is 196 g/mol. The Kier molecular flexibility index (Phi) is 4.53. The molecule has 5 heteroatoms. The lowest BCUT2D eigenvalue weighted by Crippen LogP contribution is -2.47. The van der Waals surface area contributed by atoms with E-state index >= 15 is 0 Å². The number of nitrogens with one attached hydrogen (secondary N) is 1. The first-order valence-corrected chi connectivity index (χ1v) is 5.18. The van der Waals surface area contributed by atoms with Gasteiger partial charge in [0.05, 0.1) is 6.10 Å². The first-order chi connectivity index (χ1) is 7.04. The van der Waals surface area contributed by atoms with Crippen LogP contribution in [0.5, 0.6) is 0 Å². The molecule has 4 atom stereocenters. The second-order valence-corrected chi connectivity index (χ2v) is 4.04. The van der Waals surface area contributed by atoms with Gasteiger partial charge in [-0.3, -0.25) is 0 Å². The van der Waals surface area contributed by atoms with Gasteiger partial charge < -0.3 is 26.0 Å². The van der Waals surface area contributed by atoms with Gasteiger partial charge in [-0.15, -0.1) is 0 Å². The van der Waals surface area contributed by atoms with Crippen LogP contribution in [0.3, 0.4) is 0 Å². The summed E-state index contributed by atoms with van der Waals surface area (Å²) in [6, 6.07) is 0. The fourth-order valence-electron chi connectivity index (χ4n) is 1.63. The zero-order valence-electron chi connectivity index (χ0n) is 9.02. The van der Waals surface area contributed by atoms with Crippen LogP contribution in [0.25, 0.3) is 0 Å². The van der Waals surface area contributed by atoms with Crippen LogP contribution in [-0.4, -0.2) is 41.8 Å². The molecule has 88 valence electrons. The van der Waals surface area contributed by atoms with E-state index < -0.39 is 12.4 Å². The van der Waals surface area contributed by atoms with Crippen LogP contribution < -0.4 is 11.1 Å². The smallest absolute Gasteiger partial charge is 0.181 e. The summed E-state index contributed by atoms with van der Waals surface area (Å²) < 4.78 is 5.22. The topological polar surface area (TPSA) is 87.7 Å². The van der Waals surface area contributed by atoms with Crippen LogP contribution in [0.1, 0.15) is 13.3 Å². The van der Waals surface area contributed by atoms with Crippen molar-refractivity contribution in [1.29, 1.82) is 0 Å². The summed E-state index contributed by atoms with van der Waals surface area (Å²) in [6.07, 6.45) is -1.28. The minimum atomic E-state index is -1.09. The molecule has 0 radical (unpaired) electrons. The Morgan fingerprint density at radius 3 is 2.80 bits per heavy atom. The van der Waals surface area contributed by atoms with E-state index in [0.717, 1.165) is 5.70 Å². The molecule has 0 aliphatic carbocycles. The number of nitrogens with two attached hydrogens (primary N) is 1. The summed E-state index contributed by atoms with van der Waals surface area (Å²) in [4.78, 5) is 0. The molecule has 1 aliphatic heterocycles. The van der Waals surface area contributed by atoms with E-state index in [1.165, 1.54) is 0 Å². The van der Waals surface area contributed by atoms with Gasteiger partial charge in [-0.25, -0.2) is 0 Å². The Hall–Kier alpha value is -0.620. The quantitative estimate of drug-likeness (QED) is 0.492. The van der Waals surface area contributed by atoms with E-state index in [4.69, 9.17) is 10.5 Å². The molecule has 0 aromatic carbocycles. The molecule has 0 saturated carbocycles. The Morgan fingerprint density at radius 2 is 2.27 bits per heavy atom. The lowest BCUT2D eigenvalue weighted by molar-refractivity contribution is -0.230. The van der Waals surface area contributed by atoms with Crippen molar-refractivity contribution in [3.8, 4) is 0 Å². The molecule has 0 spiro atoms. The second kappa shape index (κ2) is 5.46. The molecule has 0 aromatic heterocycles. The molecule has 0 aromatic rings. The van der Waals surface area contributed by atoms with Crippen molar-refractivity contribution < 1.29 is 14.9 Å². The van der Waals surface area contributed by atoms with Crippen molar-refractivity contribution in [2.24, 2.45) is 11.7 Å². The highest BCUT2D eigenvalue weighted by Crippen LogP contribution is 2.23. The number of aliphatic hydroxyl groups excluding tert-OH is 2. The maximum Gasteiger partial charge on any atom is 0.181 e. The summed E-state index contributed by atoms with van der Waals surface area (Å²) in [5.41, 5.74) is 6.11. The van der Waals surface area contributed by atoms with E-state index in [2.05, 4.69) is 11.9 Å². The van der Waals surface area contributed by atoms with Gasteiger partial charge in [0.1, 0.15) is 6.10 Å². The van der Waals surface area contributed by atoms with E-state index in [1.54, 1.807) is 0 Å². The maximum atomic E-state index is 9.45. The Labute approximate surface area is 89.9 Å². The van der Waals surface area contributed by atoms with Gasteiger partial charge in [-0.1, -0.05) is 13.5 Å². The number of rotatable bonds is 4. The van der Waals surface area contributed by atoms with Crippen LogP contribution in [-0.2, 0) is 4.74 Å². The predicted molar refractivity (Wildman–Crippen MR) is 56.9 cm³/mol. The molecular formula is C10H20N2O3. The van der Waals surface area contributed by atoms with Crippen molar-refractivity contribution >= 4 is 0 Å². The van der Waals surface area contributed by atoms with E-state index in [1.807, 2.05) is 6.92 Å². The fourth-order valence-corrected chi connectivity index (χ4v) is 1.63. The van der Waals surface area contributed by atoms with Crippen LogP contribution in [0, 0.1) is 5.92 Å². The van der Waals surface area contributed by atoms with E-state index in [-0.39, 0.29) is 12.0 Å². The van der Waals surface area contributed by atoms with Crippen molar-refractivity contribution in [2.75, 3.05) is 13.1 Å². The van der Waals surface area contributed by atoms with Crippen LogP contribution >= 0.6 is 0 Å². The van der Waals surface area contributed by atoms with Crippen LogP contribution in [0.15, 0.2) is 12.3 Å². The largest absolute Gasteiger partial charge is 0.388 e. The number of ether oxygens (including phenoxy) is 1. The summed E-state index contributed by atoms with van der Waals surface area (Å²) in [7, 11) is 0. The molecule has 0 bridgehead atoms. The first kappa shape index (κ1) is 12.4. The van der Waals surface area contributed by atoms with Gasteiger partial charge in [0.25, 0.3) is 0 Å². The molecule has 5 N–H and O–H groups in total. The first-order valence-electron chi connectivity index (χ1n) is 5.18. The SMILES string of the molecule is C=C(CN)NC[C@@H]1CC(C)C(O)[C@H](O)O1. The Morgan fingerprint density at radius 1 is 1.60 bits per heavy atom. The molecule has 15 heavy (non-hydrogen) atoms. The monoisotopic (exact) mass is 216 g/mol. The molecule has 1 rings (SSSR count). The fraction of sp³-hybridized carbons (Fsp3) is 0.800. The average Bonchev–Trinajstić information content (AvgIpc) is 2.22. The number of hydrogen-bond acceptors (Lipinski definition) is 5. The Balaban J connectivity index is 2.35. The number of hydrogen-bond donors (Lipinski definition) is 4. The highest BCUT2D eigenvalue weighted by molar-refractivity contribution is 4.93. The van der Waals surface area contributed by atoms with E-state index in [0.29, 0.717) is 19.5 Å². The van der Waals surface area contributed by atoms with Crippen molar-refractivity contribution in [3.63, 3.8) is 0 Å². The van der Waals surface area contributed by atoms with Gasteiger partial charge in [-0.05, 0) is 12.3 Å². The standard InChI is InChI=1S/C10H20N2O3/c1-6-3-8(5-12-7(2)4-11)15-10(14)9(6)13/h6,8-10,12-14H,2-5,11H2,1H3/t6?,8-,9?,10+/m0/s1. The van der Waals surface area contributed by atoms with Crippen molar-refractivity contribution in [1.82, 2.24) is 5.32 Å². The second-order valence-electron chi connectivity index (χ2n) is 4.04. The van der Waals surface area contributed by atoms with Gasteiger partial charge in [0, 0.05) is 18.8 Å². The molecule has 5 nitrogen and oxygen atoms in total. The van der Waals surface area contributed by atoms with Gasteiger partial charge in [-0.2, -0.15) is 0 Å². The van der Waals surface area contributed by atoms with Gasteiger partial charge in [0.2, 0.25) is 0 Å². The molecule has 0 amide bonds. The minimum Gasteiger partial charge on any atom is -0.388 e. The molecule has 2 unspecified atom stereocenters.